The summed E-state index contributed by atoms with van der Waals surface area (Å²) in [5.74, 6) is -2.41. The number of carbonyl (C=O) groups is 3. The molecule has 180 valence electrons. The smallest absolute Gasteiger partial charge is 0.247 e. The fourth-order valence-corrected chi connectivity index (χ4v) is 5.98. The third-order valence-electron chi connectivity index (χ3n) is 7.39. The van der Waals surface area contributed by atoms with Gasteiger partial charge in [-0.1, -0.05) is 59.6 Å². The molecular weight excluding hydrogens is 474 g/mol. The van der Waals surface area contributed by atoms with Crippen molar-refractivity contribution in [3.05, 3.63) is 94.5 Å². The second-order valence-corrected chi connectivity index (χ2v) is 10.0. The molecule has 2 saturated heterocycles. The zero-order valence-corrected chi connectivity index (χ0v) is 20.6. The molecular formula is C29H24ClN3O3. The van der Waals surface area contributed by atoms with Crippen molar-refractivity contribution in [1.29, 1.82) is 0 Å². The number of hydrogen-bond acceptors (Lipinski definition) is 4. The predicted octanol–water partition coefficient (Wildman–Crippen LogP) is 4.99. The molecule has 6 nitrogen and oxygen atoms in total. The Balaban J connectivity index is 1.44. The molecule has 3 aliphatic heterocycles. The van der Waals surface area contributed by atoms with Gasteiger partial charge in [-0.05, 0) is 61.4 Å². The molecule has 1 N–H and O–H groups in total. The third kappa shape index (κ3) is 3.36. The number of imide groups is 1. The predicted molar refractivity (Wildman–Crippen MR) is 141 cm³/mol. The van der Waals surface area contributed by atoms with E-state index in [0.29, 0.717) is 16.4 Å². The van der Waals surface area contributed by atoms with Crippen molar-refractivity contribution in [2.45, 2.75) is 25.9 Å². The molecule has 6 rings (SSSR count). The summed E-state index contributed by atoms with van der Waals surface area (Å²) in [4.78, 5) is 44.9. The van der Waals surface area contributed by atoms with Gasteiger partial charge in [-0.3, -0.25) is 14.4 Å². The van der Waals surface area contributed by atoms with E-state index < -0.39 is 23.9 Å². The van der Waals surface area contributed by atoms with Crippen LogP contribution in [0.2, 0.25) is 5.02 Å². The highest BCUT2D eigenvalue weighted by molar-refractivity contribution is 6.30. The first-order valence-electron chi connectivity index (χ1n) is 11.9. The molecule has 3 aromatic rings. The van der Waals surface area contributed by atoms with E-state index in [2.05, 4.69) is 5.32 Å². The van der Waals surface area contributed by atoms with Gasteiger partial charge in [0.15, 0.2) is 0 Å². The minimum Gasteiger partial charge on any atom is -0.351 e. The van der Waals surface area contributed by atoms with Crippen LogP contribution in [0, 0.1) is 25.7 Å². The molecule has 0 bridgehead atoms. The van der Waals surface area contributed by atoms with E-state index in [4.69, 9.17) is 11.6 Å². The van der Waals surface area contributed by atoms with Crippen LogP contribution in [0.15, 0.2) is 72.8 Å². The highest BCUT2D eigenvalue weighted by Crippen LogP contribution is 2.49. The molecule has 3 aromatic carbocycles. The number of nitrogens with one attached hydrogen (secondary N) is 1. The van der Waals surface area contributed by atoms with Gasteiger partial charge in [0.1, 0.15) is 6.04 Å². The number of carbonyl (C=O) groups excluding carboxylic acids is 3. The Morgan fingerprint density at radius 1 is 0.889 bits per heavy atom. The van der Waals surface area contributed by atoms with Gasteiger partial charge in [0, 0.05) is 16.4 Å². The summed E-state index contributed by atoms with van der Waals surface area (Å²) >= 11 is 6.01. The Morgan fingerprint density at radius 3 is 2.36 bits per heavy atom. The lowest BCUT2D eigenvalue weighted by Crippen LogP contribution is -2.50. The second kappa shape index (κ2) is 8.35. The zero-order chi connectivity index (χ0) is 25.1. The van der Waals surface area contributed by atoms with Gasteiger partial charge in [0.05, 0.1) is 23.6 Å². The van der Waals surface area contributed by atoms with Gasteiger partial charge in [-0.2, -0.15) is 0 Å². The largest absolute Gasteiger partial charge is 0.351 e. The van der Waals surface area contributed by atoms with Crippen molar-refractivity contribution in [3.8, 4) is 0 Å². The summed E-state index contributed by atoms with van der Waals surface area (Å²) in [5, 5.41) is 3.51. The molecule has 0 radical (unpaired) electrons. The first kappa shape index (κ1) is 22.6. The third-order valence-corrected chi connectivity index (χ3v) is 7.64. The van der Waals surface area contributed by atoms with Crippen LogP contribution in [0.4, 0.5) is 17.1 Å². The minimum absolute atomic E-state index is 0.266. The summed E-state index contributed by atoms with van der Waals surface area (Å²) in [5.41, 5.74) is 4.84. The fourth-order valence-electron chi connectivity index (χ4n) is 5.86. The van der Waals surface area contributed by atoms with Crippen LogP contribution in [-0.2, 0) is 14.4 Å². The van der Waals surface area contributed by atoms with Gasteiger partial charge in [0.25, 0.3) is 0 Å². The summed E-state index contributed by atoms with van der Waals surface area (Å²) in [6.45, 7) is 3.86. The number of nitrogens with zero attached hydrogens (tertiary/aromatic N) is 2. The summed E-state index contributed by atoms with van der Waals surface area (Å²) in [6, 6.07) is 19.0. The Bertz CT molecular complexity index is 1450. The summed E-state index contributed by atoms with van der Waals surface area (Å²) in [6.07, 6.45) is 3.93. The molecule has 0 aromatic heterocycles. The molecule has 0 unspecified atom stereocenters. The molecule has 36 heavy (non-hydrogen) atoms. The maximum Gasteiger partial charge on any atom is 0.247 e. The van der Waals surface area contributed by atoms with Crippen molar-refractivity contribution in [2.75, 3.05) is 15.1 Å². The Kier molecular flexibility index (Phi) is 5.23. The van der Waals surface area contributed by atoms with E-state index in [1.54, 1.807) is 24.3 Å². The molecule has 3 aliphatic rings. The quantitative estimate of drug-likeness (QED) is 0.518. The van der Waals surface area contributed by atoms with Crippen LogP contribution in [0.3, 0.4) is 0 Å². The first-order valence-corrected chi connectivity index (χ1v) is 12.3. The van der Waals surface area contributed by atoms with Crippen LogP contribution in [0.25, 0.3) is 6.08 Å². The maximum absolute atomic E-state index is 14.0. The van der Waals surface area contributed by atoms with Crippen molar-refractivity contribution in [1.82, 2.24) is 0 Å². The van der Waals surface area contributed by atoms with Gasteiger partial charge < -0.3 is 10.2 Å². The summed E-state index contributed by atoms with van der Waals surface area (Å²) in [7, 11) is 0. The van der Waals surface area contributed by atoms with Gasteiger partial charge in [-0.25, -0.2) is 4.90 Å². The number of aryl methyl sites for hydroxylation is 2. The van der Waals surface area contributed by atoms with Crippen molar-refractivity contribution in [3.63, 3.8) is 0 Å². The number of amides is 3. The lowest BCUT2D eigenvalue weighted by Gasteiger charge is -2.36. The van der Waals surface area contributed by atoms with E-state index in [0.717, 1.165) is 22.4 Å². The van der Waals surface area contributed by atoms with E-state index >= 15 is 0 Å². The van der Waals surface area contributed by atoms with Crippen LogP contribution >= 0.6 is 11.6 Å². The van der Waals surface area contributed by atoms with Crippen LogP contribution in [0.5, 0.6) is 0 Å². The average Bonchev–Trinajstić information content (AvgIpc) is 3.34. The van der Waals surface area contributed by atoms with Crippen molar-refractivity contribution < 1.29 is 14.4 Å². The number of hydrogen-bond donors (Lipinski definition) is 1. The first-order chi connectivity index (χ1) is 17.3. The monoisotopic (exact) mass is 497 g/mol. The van der Waals surface area contributed by atoms with Crippen LogP contribution in [-0.4, -0.2) is 29.8 Å². The molecule has 0 saturated carbocycles. The maximum atomic E-state index is 14.0. The normalized spacial score (nSPS) is 24.0. The lowest BCUT2D eigenvalue weighted by atomic mass is 9.88. The molecule has 3 heterocycles. The summed E-state index contributed by atoms with van der Waals surface area (Å²) < 4.78 is 0. The topological polar surface area (TPSA) is 69.7 Å². The van der Waals surface area contributed by atoms with Crippen molar-refractivity contribution in [2.24, 2.45) is 11.8 Å². The number of para-hydroxylation sites is 1. The number of anilines is 3. The average molecular weight is 498 g/mol. The Morgan fingerprint density at radius 2 is 1.61 bits per heavy atom. The molecule has 7 heteroatoms. The minimum atomic E-state index is -0.853. The number of halogens is 1. The van der Waals surface area contributed by atoms with Crippen LogP contribution in [0.1, 0.15) is 16.7 Å². The van der Waals surface area contributed by atoms with Crippen LogP contribution < -0.4 is 15.1 Å². The standard InChI is InChI=1S/C29H24ClN3O3/c1-16-7-13-21(17(2)15-16)33-28(35)24-23-14-8-18-5-3-4-6-22(18)32(23)26(25(24)29(33)36)27(34)31-20-11-9-19(30)10-12-20/h3-15,23-26H,1-2H3,(H,31,34)/t23-,24-,25-,26-/m0/s1. The number of rotatable bonds is 3. The van der Waals surface area contributed by atoms with E-state index in [1.165, 1.54) is 4.90 Å². The molecule has 3 amide bonds. The number of fused-ring (bicyclic) bond motifs is 5. The molecule has 0 spiro atoms. The highest BCUT2D eigenvalue weighted by atomic mass is 35.5. The fraction of sp³-hybridized carbons (Fsp3) is 0.207. The SMILES string of the molecule is Cc1ccc(N2C(=O)[C@@H]3[C@H](C2=O)[C@@H](C(=O)Nc2ccc(Cl)cc2)N2c4ccccc4C=C[C@@H]32)c(C)c1. The molecule has 2 fully saturated rings. The van der Waals surface area contributed by atoms with E-state index in [1.807, 2.05) is 73.4 Å². The van der Waals surface area contributed by atoms with Gasteiger partial charge in [0.2, 0.25) is 17.7 Å². The van der Waals surface area contributed by atoms with Crippen molar-refractivity contribution >= 4 is 52.5 Å². The Labute approximate surface area is 214 Å². The molecule has 4 atom stereocenters. The second-order valence-electron chi connectivity index (χ2n) is 9.61. The van der Waals surface area contributed by atoms with E-state index in [-0.39, 0.29) is 17.7 Å². The Hall–Kier alpha value is -3.90. The van der Waals surface area contributed by atoms with Gasteiger partial charge >= 0.3 is 0 Å². The number of benzene rings is 3. The zero-order valence-electron chi connectivity index (χ0n) is 19.8. The molecule has 0 aliphatic carbocycles. The van der Waals surface area contributed by atoms with E-state index in [9.17, 15) is 14.4 Å². The van der Waals surface area contributed by atoms with Gasteiger partial charge in [-0.15, -0.1) is 0 Å². The lowest BCUT2D eigenvalue weighted by molar-refractivity contribution is -0.126. The highest BCUT2D eigenvalue weighted by Gasteiger charge is 2.64.